The lowest BCUT2D eigenvalue weighted by Crippen LogP contribution is -2.25. The van der Waals surface area contributed by atoms with E-state index in [-0.39, 0.29) is 0 Å². The van der Waals surface area contributed by atoms with Gasteiger partial charge in [0.2, 0.25) is 0 Å². The Morgan fingerprint density at radius 1 is 1.47 bits per heavy atom. The van der Waals surface area contributed by atoms with Crippen molar-refractivity contribution in [2.75, 3.05) is 18.5 Å². The van der Waals surface area contributed by atoms with E-state index in [0.29, 0.717) is 19.2 Å². The monoisotopic (exact) mass is 208 g/mol. The maximum atomic E-state index is 5.56. The Balaban J connectivity index is 2.74. The Bertz CT molecular complexity index is 312. The molecule has 3 N–H and O–H groups in total. The highest BCUT2D eigenvalue weighted by Gasteiger charge is 2.03. The van der Waals surface area contributed by atoms with Crippen LogP contribution in [0.3, 0.4) is 0 Å². The second kappa shape index (κ2) is 5.61. The summed E-state index contributed by atoms with van der Waals surface area (Å²) in [6, 6.07) is 6.34. The van der Waals surface area contributed by atoms with Crippen LogP contribution in [0.1, 0.15) is 19.4 Å². The van der Waals surface area contributed by atoms with Gasteiger partial charge in [0.25, 0.3) is 0 Å². The van der Waals surface area contributed by atoms with Crippen molar-refractivity contribution in [2.24, 2.45) is 5.73 Å². The molecule has 1 aromatic carbocycles. The molecule has 84 valence electrons. The minimum atomic E-state index is 0.293. The fourth-order valence-electron chi connectivity index (χ4n) is 1.38. The fraction of sp³-hybridized carbons (Fsp3) is 0.500. The highest BCUT2D eigenvalue weighted by molar-refractivity contribution is 5.54. The second-order valence-corrected chi connectivity index (χ2v) is 3.69. The first-order valence-corrected chi connectivity index (χ1v) is 5.37. The summed E-state index contributed by atoms with van der Waals surface area (Å²) >= 11 is 0. The van der Waals surface area contributed by atoms with Crippen LogP contribution in [0.2, 0.25) is 0 Å². The molecule has 0 aliphatic rings. The number of hydrogen-bond donors (Lipinski definition) is 2. The number of aryl methyl sites for hydroxylation is 1. The molecule has 1 atom stereocenters. The van der Waals surface area contributed by atoms with E-state index in [4.69, 9.17) is 10.5 Å². The maximum absolute atomic E-state index is 5.56. The lowest BCUT2D eigenvalue weighted by Gasteiger charge is -2.15. The van der Waals surface area contributed by atoms with Crippen molar-refractivity contribution in [3.8, 4) is 5.75 Å². The SMILES string of the molecule is CCOc1ccc(NC(C)CN)c(C)c1. The normalized spacial score (nSPS) is 12.3. The largest absolute Gasteiger partial charge is 0.494 e. The van der Waals surface area contributed by atoms with Gasteiger partial charge in [-0.05, 0) is 44.5 Å². The third-order valence-corrected chi connectivity index (χ3v) is 2.26. The zero-order valence-electron chi connectivity index (χ0n) is 9.71. The quantitative estimate of drug-likeness (QED) is 0.779. The second-order valence-electron chi connectivity index (χ2n) is 3.69. The average molecular weight is 208 g/mol. The molecule has 0 saturated carbocycles. The summed E-state index contributed by atoms with van der Waals surface area (Å²) in [5.41, 5.74) is 7.86. The zero-order valence-corrected chi connectivity index (χ0v) is 9.71. The van der Waals surface area contributed by atoms with Crippen LogP contribution in [0, 0.1) is 6.92 Å². The molecule has 0 aromatic heterocycles. The summed E-state index contributed by atoms with van der Waals surface area (Å²) in [6.07, 6.45) is 0. The predicted octanol–water partition coefficient (Wildman–Crippen LogP) is 2.15. The van der Waals surface area contributed by atoms with Gasteiger partial charge in [0.05, 0.1) is 6.61 Å². The summed E-state index contributed by atoms with van der Waals surface area (Å²) in [4.78, 5) is 0. The van der Waals surface area contributed by atoms with Crippen LogP contribution in [0.25, 0.3) is 0 Å². The van der Waals surface area contributed by atoms with E-state index < -0.39 is 0 Å². The average Bonchev–Trinajstić information content (AvgIpc) is 2.22. The van der Waals surface area contributed by atoms with Crippen molar-refractivity contribution >= 4 is 5.69 Å². The van der Waals surface area contributed by atoms with Gasteiger partial charge >= 0.3 is 0 Å². The third-order valence-electron chi connectivity index (χ3n) is 2.26. The number of nitrogens with one attached hydrogen (secondary N) is 1. The first-order chi connectivity index (χ1) is 7.17. The van der Waals surface area contributed by atoms with E-state index in [1.54, 1.807) is 0 Å². The summed E-state index contributed by atoms with van der Waals surface area (Å²) < 4.78 is 5.42. The fourth-order valence-corrected chi connectivity index (χ4v) is 1.38. The van der Waals surface area contributed by atoms with Crippen LogP contribution in [-0.2, 0) is 0 Å². The molecule has 0 saturated heterocycles. The molecule has 0 aliphatic heterocycles. The Hall–Kier alpha value is -1.22. The molecule has 3 nitrogen and oxygen atoms in total. The topological polar surface area (TPSA) is 47.3 Å². The van der Waals surface area contributed by atoms with Gasteiger partial charge < -0.3 is 15.8 Å². The molecular formula is C12H20N2O. The Morgan fingerprint density at radius 3 is 2.73 bits per heavy atom. The summed E-state index contributed by atoms with van der Waals surface area (Å²) in [7, 11) is 0. The van der Waals surface area contributed by atoms with Crippen molar-refractivity contribution in [3.63, 3.8) is 0 Å². The van der Waals surface area contributed by atoms with Gasteiger partial charge in [0.15, 0.2) is 0 Å². The van der Waals surface area contributed by atoms with Crippen LogP contribution in [-0.4, -0.2) is 19.2 Å². The first kappa shape index (κ1) is 11.9. The summed E-state index contributed by atoms with van der Waals surface area (Å²) in [6.45, 7) is 7.44. The van der Waals surface area contributed by atoms with E-state index in [9.17, 15) is 0 Å². The molecule has 1 aromatic rings. The Labute approximate surface area is 91.6 Å². The molecule has 0 radical (unpaired) electrons. The van der Waals surface area contributed by atoms with Crippen LogP contribution in [0.15, 0.2) is 18.2 Å². The number of rotatable bonds is 5. The number of anilines is 1. The number of hydrogen-bond acceptors (Lipinski definition) is 3. The van der Waals surface area contributed by atoms with Gasteiger partial charge in [-0.25, -0.2) is 0 Å². The lowest BCUT2D eigenvalue weighted by atomic mass is 10.1. The zero-order chi connectivity index (χ0) is 11.3. The van der Waals surface area contributed by atoms with Gasteiger partial charge in [-0.3, -0.25) is 0 Å². The third kappa shape index (κ3) is 3.44. The van der Waals surface area contributed by atoms with E-state index in [2.05, 4.69) is 19.2 Å². The summed E-state index contributed by atoms with van der Waals surface area (Å²) in [5, 5.41) is 3.35. The van der Waals surface area contributed by atoms with E-state index in [1.165, 1.54) is 5.56 Å². The maximum Gasteiger partial charge on any atom is 0.119 e. The molecule has 0 spiro atoms. The van der Waals surface area contributed by atoms with Gasteiger partial charge in [-0.15, -0.1) is 0 Å². The molecule has 0 heterocycles. The minimum absolute atomic E-state index is 0.293. The molecule has 0 fully saturated rings. The highest BCUT2D eigenvalue weighted by atomic mass is 16.5. The van der Waals surface area contributed by atoms with Crippen molar-refractivity contribution < 1.29 is 4.74 Å². The number of benzene rings is 1. The smallest absolute Gasteiger partial charge is 0.119 e. The van der Waals surface area contributed by atoms with Crippen LogP contribution in [0.5, 0.6) is 5.75 Å². The van der Waals surface area contributed by atoms with Crippen LogP contribution >= 0.6 is 0 Å². The van der Waals surface area contributed by atoms with Crippen LogP contribution < -0.4 is 15.8 Å². The Morgan fingerprint density at radius 2 is 2.20 bits per heavy atom. The molecular weight excluding hydrogens is 188 g/mol. The molecule has 1 rings (SSSR count). The van der Waals surface area contributed by atoms with Gasteiger partial charge in [0.1, 0.15) is 5.75 Å². The molecule has 3 heteroatoms. The molecule has 0 amide bonds. The van der Waals surface area contributed by atoms with Crippen molar-refractivity contribution in [1.82, 2.24) is 0 Å². The van der Waals surface area contributed by atoms with E-state index in [1.807, 2.05) is 25.1 Å². The van der Waals surface area contributed by atoms with Gasteiger partial charge in [-0.2, -0.15) is 0 Å². The number of ether oxygens (including phenoxy) is 1. The molecule has 0 aliphatic carbocycles. The molecule has 0 bridgehead atoms. The standard InChI is InChI=1S/C12H20N2O/c1-4-15-11-5-6-12(9(2)7-11)14-10(3)8-13/h5-7,10,14H,4,8,13H2,1-3H3. The highest BCUT2D eigenvalue weighted by Crippen LogP contribution is 2.21. The van der Waals surface area contributed by atoms with Gasteiger partial charge in [0, 0.05) is 18.3 Å². The van der Waals surface area contributed by atoms with Gasteiger partial charge in [-0.1, -0.05) is 0 Å². The van der Waals surface area contributed by atoms with Crippen molar-refractivity contribution in [3.05, 3.63) is 23.8 Å². The molecule has 15 heavy (non-hydrogen) atoms. The first-order valence-electron chi connectivity index (χ1n) is 5.37. The lowest BCUT2D eigenvalue weighted by molar-refractivity contribution is 0.340. The number of nitrogens with two attached hydrogens (primary N) is 1. The van der Waals surface area contributed by atoms with Crippen molar-refractivity contribution in [1.29, 1.82) is 0 Å². The van der Waals surface area contributed by atoms with E-state index in [0.717, 1.165) is 11.4 Å². The predicted molar refractivity (Wildman–Crippen MR) is 64.5 cm³/mol. The van der Waals surface area contributed by atoms with Crippen molar-refractivity contribution in [2.45, 2.75) is 26.8 Å². The summed E-state index contributed by atoms with van der Waals surface area (Å²) in [5.74, 6) is 0.918. The minimum Gasteiger partial charge on any atom is -0.494 e. The molecule has 1 unspecified atom stereocenters. The van der Waals surface area contributed by atoms with E-state index >= 15 is 0 Å². The van der Waals surface area contributed by atoms with Crippen LogP contribution in [0.4, 0.5) is 5.69 Å². The Kier molecular flexibility index (Phi) is 4.43.